The second-order valence-electron chi connectivity index (χ2n) is 9.40. The predicted molar refractivity (Wildman–Crippen MR) is 129 cm³/mol. The van der Waals surface area contributed by atoms with E-state index in [1.807, 2.05) is 58.0 Å². The Bertz CT molecular complexity index is 1060. The van der Waals surface area contributed by atoms with Gasteiger partial charge in [0, 0.05) is 36.8 Å². The second kappa shape index (κ2) is 10.2. The number of aryl methyl sites for hydroxylation is 1. The summed E-state index contributed by atoms with van der Waals surface area (Å²) in [7, 11) is 0. The lowest BCUT2D eigenvalue weighted by Gasteiger charge is -2.41. The van der Waals surface area contributed by atoms with E-state index in [1.54, 1.807) is 23.6 Å². The fraction of sp³-hybridized carbons (Fsp3) is 0.480. The summed E-state index contributed by atoms with van der Waals surface area (Å²) in [6.07, 6.45) is 0. The largest absolute Gasteiger partial charge is 0.462 e. The van der Waals surface area contributed by atoms with Gasteiger partial charge in [-0.25, -0.2) is 19.6 Å². The van der Waals surface area contributed by atoms with Crippen molar-refractivity contribution in [2.75, 3.05) is 26.2 Å². The molecule has 9 nitrogen and oxygen atoms in total. The minimum Gasteiger partial charge on any atom is -0.462 e. The van der Waals surface area contributed by atoms with Crippen LogP contribution in [0.4, 0.5) is 4.79 Å². The molecule has 3 rings (SSSR count). The number of ether oxygens (including phenoxy) is 1. The van der Waals surface area contributed by atoms with Crippen molar-refractivity contribution in [3.63, 3.8) is 0 Å². The van der Waals surface area contributed by atoms with Gasteiger partial charge in [-0.1, -0.05) is 30.3 Å². The molecule has 1 fully saturated rings. The number of nitrogens with zero attached hydrogens (tertiary/aromatic N) is 4. The molecule has 0 spiro atoms. The number of nitrogens with one attached hydrogen (secondary N) is 1. The van der Waals surface area contributed by atoms with Crippen molar-refractivity contribution in [3.05, 3.63) is 47.4 Å². The van der Waals surface area contributed by atoms with Gasteiger partial charge in [0.25, 0.3) is 5.91 Å². The Hall–Kier alpha value is -3.49. The molecule has 1 saturated heterocycles. The van der Waals surface area contributed by atoms with E-state index >= 15 is 0 Å². The molecule has 34 heavy (non-hydrogen) atoms. The van der Waals surface area contributed by atoms with Crippen LogP contribution >= 0.6 is 0 Å². The lowest BCUT2D eigenvalue weighted by Crippen LogP contribution is -2.59. The number of aromatic nitrogens is 2. The average molecular weight is 468 g/mol. The zero-order chi connectivity index (χ0) is 25.0. The highest BCUT2D eigenvalue weighted by Crippen LogP contribution is 2.26. The second-order valence-corrected chi connectivity index (χ2v) is 9.40. The molecule has 2 aromatic rings. The number of urea groups is 1. The third-order valence-corrected chi connectivity index (χ3v) is 5.41. The lowest BCUT2D eigenvalue weighted by atomic mass is 10.0. The van der Waals surface area contributed by atoms with Crippen LogP contribution in [-0.2, 0) is 4.74 Å². The van der Waals surface area contributed by atoms with Gasteiger partial charge < -0.3 is 19.9 Å². The van der Waals surface area contributed by atoms with Gasteiger partial charge in [0.05, 0.1) is 12.3 Å². The summed E-state index contributed by atoms with van der Waals surface area (Å²) in [6, 6.07) is 8.83. The maximum absolute atomic E-state index is 13.6. The van der Waals surface area contributed by atoms with E-state index in [2.05, 4.69) is 15.3 Å². The molecule has 1 aromatic heterocycles. The highest BCUT2D eigenvalue weighted by molar-refractivity contribution is 6.07. The van der Waals surface area contributed by atoms with E-state index in [1.165, 1.54) is 0 Å². The fourth-order valence-electron chi connectivity index (χ4n) is 3.92. The van der Waals surface area contributed by atoms with E-state index < -0.39 is 5.97 Å². The molecule has 0 aliphatic carbocycles. The maximum Gasteiger partial charge on any atom is 0.342 e. The number of carbonyl (C=O) groups is 3. The molecule has 1 aliphatic heterocycles. The van der Waals surface area contributed by atoms with E-state index in [-0.39, 0.29) is 41.4 Å². The van der Waals surface area contributed by atoms with Gasteiger partial charge in [-0.3, -0.25) is 4.79 Å². The number of benzene rings is 1. The lowest BCUT2D eigenvalue weighted by molar-refractivity contribution is 0.0501. The van der Waals surface area contributed by atoms with Crippen LogP contribution in [0.15, 0.2) is 30.3 Å². The standard InChI is InChI=1S/C25H33N5O4/c1-7-34-23(32)19-20(18-11-9-8-10-12-18)26-17(3)27-21(19)22(31)29-13-14-30(16(2)15-29)24(33)28-25(4,5)6/h8-12,16H,7,13-15H2,1-6H3,(H,28,33). The Labute approximate surface area is 200 Å². The molecular formula is C25H33N5O4. The maximum atomic E-state index is 13.6. The van der Waals surface area contributed by atoms with Gasteiger partial charge in [0.1, 0.15) is 17.1 Å². The van der Waals surface area contributed by atoms with Gasteiger partial charge >= 0.3 is 12.0 Å². The third kappa shape index (κ3) is 5.70. The van der Waals surface area contributed by atoms with E-state index in [9.17, 15) is 14.4 Å². The van der Waals surface area contributed by atoms with Crippen molar-refractivity contribution in [3.8, 4) is 11.3 Å². The molecule has 0 saturated carbocycles. The van der Waals surface area contributed by atoms with Crippen LogP contribution in [0.1, 0.15) is 61.3 Å². The predicted octanol–water partition coefficient (Wildman–Crippen LogP) is 3.28. The third-order valence-electron chi connectivity index (χ3n) is 5.41. The number of piperazine rings is 1. The highest BCUT2D eigenvalue weighted by Gasteiger charge is 2.35. The molecule has 9 heteroatoms. The zero-order valence-corrected chi connectivity index (χ0v) is 20.7. The first-order valence-corrected chi connectivity index (χ1v) is 11.5. The van der Waals surface area contributed by atoms with Crippen LogP contribution in [0.3, 0.4) is 0 Å². The Morgan fingerprint density at radius 2 is 1.79 bits per heavy atom. The van der Waals surface area contributed by atoms with Gasteiger partial charge in [-0.2, -0.15) is 0 Å². The van der Waals surface area contributed by atoms with Crippen LogP contribution in [0.2, 0.25) is 0 Å². The van der Waals surface area contributed by atoms with Crippen LogP contribution < -0.4 is 5.32 Å². The van der Waals surface area contributed by atoms with Crippen LogP contribution in [0, 0.1) is 6.92 Å². The summed E-state index contributed by atoms with van der Waals surface area (Å²) < 4.78 is 5.27. The Morgan fingerprint density at radius 3 is 2.38 bits per heavy atom. The van der Waals surface area contributed by atoms with Gasteiger partial charge in [-0.15, -0.1) is 0 Å². The van der Waals surface area contributed by atoms with Gasteiger partial charge in [0.2, 0.25) is 0 Å². The van der Waals surface area contributed by atoms with E-state index in [0.29, 0.717) is 36.7 Å². The first kappa shape index (κ1) is 25.1. The number of hydrogen-bond donors (Lipinski definition) is 1. The molecule has 1 aliphatic rings. The zero-order valence-electron chi connectivity index (χ0n) is 20.7. The number of carbonyl (C=O) groups excluding carboxylic acids is 3. The fourth-order valence-corrected chi connectivity index (χ4v) is 3.92. The Morgan fingerprint density at radius 1 is 1.12 bits per heavy atom. The molecule has 0 radical (unpaired) electrons. The van der Waals surface area contributed by atoms with Gasteiger partial charge in [0.15, 0.2) is 0 Å². The summed E-state index contributed by atoms with van der Waals surface area (Å²) in [5.41, 5.74) is 0.784. The molecule has 2 heterocycles. The highest BCUT2D eigenvalue weighted by atomic mass is 16.5. The summed E-state index contributed by atoms with van der Waals surface area (Å²) >= 11 is 0. The van der Waals surface area contributed by atoms with Gasteiger partial charge in [-0.05, 0) is 41.5 Å². The van der Waals surface area contributed by atoms with Crippen molar-refractivity contribution in [1.29, 1.82) is 0 Å². The molecule has 0 bridgehead atoms. The molecule has 182 valence electrons. The number of esters is 1. The molecule has 1 aromatic carbocycles. The summed E-state index contributed by atoms with van der Waals surface area (Å²) in [5.74, 6) is -0.638. The quantitative estimate of drug-likeness (QED) is 0.692. The van der Waals surface area contributed by atoms with E-state index in [0.717, 1.165) is 0 Å². The van der Waals surface area contributed by atoms with Crippen molar-refractivity contribution in [2.45, 2.75) is 53.1 Å². The van der Waals surface area contributed by atoms with E-state index in [4.69, 9.17) is 4.74 Å². The normalized spacial score (nSPS) is 16.2. The molecule has 1 N–H and O–H groups in total. The number of rotatable bonds is 4. The van der Waals surface area contributed by atoms with Crippen LogP contribution in [-0.4, -0.2) is 75.5 Å². The minimum atomic E-state index is -0.638. The average Bonchev–Trinajstić information content (AvgIpc) is 2.77. The number of hydrogen-bond acceptors (Lipinski definition) is 6. The van der Waals surface area contributed by atoms with Crippen molar-refractivity contribution < 1.29 is 19.1 Å². The van der Waals surface area contributed by atoms with Crippen LogP contribution in [0.25, 0.3) is 11.3 Å². The molecule has 1 unspecified atom stereocenters. The van der Waals surface area contributed by atoms with Crippen molar-refractivity contribution in [1.82, 2.24) is 25.1 Å². The first-order chi connectivity index (χ1) is 16.0. The SMILES string of the molecule is CCOC(=O)c1c(C(=O)N2CCN(C(=O)NC(C)(C)C)C(C)C2)nc(C)nc1-c1ccccc1. The summed E-state index contributed by atoms with van der Waals surface area (Å²) in [4.78, 5) is 51.4. The minimum absolute atomic E-state index is 0.0181. The monoisotopic (exact) mass is 467 g/mol. The first-order valence-electron chi connectivity index (χ1n) is 11.5. The number of amides is 3. The van der Waals surface area contributed by atoms with Crippen molar-refractivity contribution >= 4 is 17.9 Å². The molecule has 3 amide bonds. The Balaban J connectivity index is 1.94. The summed E-state index contributed by atoms with van der Waals surface area (Å²) in [5, 5.41) is 2.97. The topological polar surface area (TPSA) is 105 Å². The van der Waals surface area contributed by atoms with Crippen LogP contribution in [0.5, 0.6) is 0 Å². The summed E-state index contributed by atoms with van der Waals surface area (Å²) in [6.45, 7) is 12.3. The Kier molecular flexibility index (Phi) is 7.54. The smallest absolute Gasteiger partial charge is 0.342 e. The van der Waals surface area contributed by atoms with Crippen molar-refractivity contribution in [2.24, 2.45) is 0 Å². The molecule has 1 atom stereocenters. The molecular weight excluding hydrogens is 434 g/mol.